The number of ether oxygens (including phenoxy) is 2. The third-order valence-corrected chi connectivity index (χ3v) is 4.62. The molecule has 0 N–H and O–H groups in total. The topological polar surface area (TPSA) is 18.5 Å². The average Bonchev–Trinajstić information content (AvgIpc) is 2.46. The molecule has 0 aliphatic carbocycles. The molecule has 1 aromatic carbocycles. The maximum atomic E-state index is 5.79. The van der Waals surface area contributed by atoms with Crippen molar-refractivity contribution in [1.82, 2.24) is 0 Å². The molecular weight excluding hydrogens is 316 g/mol. The van der Waals surface area contributed by atoms with Gasteiger partial charge < -0.3 is 9.47 Å². The van der Waals surface area contributed by atoms with Gasteiger partial charge in [-0.3, -0.25) is 0 Å². The summed E-state index contributed by atoms with van der Waals surface area (Å²) in [4.78, 5) is 0.404. The summed E-state index contributed by atoms with van der Waals surface area (Å²) >= 11 is 3.79. The molecular formula is C17H25BrO2. The Labute approximate surface area is 131 Å². The summed E-state index contributed by atoms with van der Waals surface area (Å²) < 4.78 is 11.5. The molecule has 20 heavy (non-hydrogen) atoms. The normalized spacial score (nSPS) is 20.9. The maximum Gasteiger partial charge on any atom is 0.119 e. The number of alkyl halides is 1. The van der Waals surface area contributed by atoms with Gasteiger partial charge >= 0.3 is 0 Å². The second-order valence-corrected chi connectivity index (χ2v) is 6.87. The molecule has 0 spiro atoms. The van der Waals surface area contributed by atoms with Crippen LogP contribution in [0, 0.1) is 0 Å². The Morgan fingerprint density at radius 2 is 2.00 bits per heavy atom. The molecule has 112 valence electrons. The Morgan fingerprint density at radius 3 is 2.60 bits per heavy atom. The van der Waals surface area contributed by atoms with E-state index < -0.39 is 0 Å². The molecule has 0 saturated carbocycles. The van der Waals surface area contributed by atoms with E-state index in [1.165, 1.54) is 24.8 Å². The molecule has 1 saturated heterocycles. The van der Waals surface area contributed by atoms with Crippen molar-refractivity contribution in [2.45, 2.75) is 63.0 Å². The van der Waals surface area contributed by atoms with Crippen LogP contribution in [0.25, 0.3) is 0 Å². The van der Waals surface area contributed by atoms with Gasteiger partial charge in [-0.2, -0.15) is 0 Å². The van der Waals surface area contributed by atoms with E-state index in [2.05, 4.69) is 40.2 Å². The fourth-order valence-electron chi connectivity index (χ4n) is 2.56. The first-order chi connectivity index (χ1) is 9.65. The highest BCUT2D eigenvalue weighted by Gasteiger charge is 2.16. The van der Waals surface area contributed by atoms with Crippen LogP contribution in [0.3, 0.4) is 0 Å². The van der Waals surface area contributed by atoms with E-state index in [1.54, 1.807) is 0 Å². The first kappa shape index (κ1) is 15.8. The van der Waals surface area contributed by atoms with Crippen molar-refractivity contribution in [1.29, 1.82) is 0 Å². The minimum atomic E-state index is 0.226. The lowest BCUT2D eigenvalue weighted by molar-refractivity contribution is 0.0102. The molecule has 1 aromatic rings. The molecule has 1 fully saturated rings. The molecule has 2 rings (SSSR count). The number of benzene rings is 1. The molecule has 2 nitrogen and oxygen atoms in total. The molecule has 0 radical (unpaired) electrons. The van der Waals surface area contributed by atoms with E-state index in [-0.39, 0.29) is 6.10 Å². The fourth-order valence-corrected chi connectivity index (χ4v) is 3.13. The number of rotatable bonds is 6. The summed E-state index contributed by atoms with van der Waals surface area (Å²) in [5.74, 6) is 0.944. The van der Waals surface area contributed by atoms with Crippen LogP contribution in [0.15, 0.2) is 24.3 Å². The molecule has 2 unspecified atom stereocenters. The number of halogens is 1. The van der Waals surface area contributed by atoms with Gasteiger partial charge in [0.1, 0.15) is 5.75 Å². The summed E-state index contributed by atoms with van der Waals surface area (Å²) in [6.07, 6.45) is 6.72. The summed E-state index contributed by atoms with van der Waals surface area (Å²) in [6, 6.07) is 8.42. The Bertz CT molecular complexity index is 382. The van der Waals surface area contributed by atoms with Crippen molar-refractivity contribution in [3.63, 3.8) is 0 Å². The Balaban J connectivity index is 1.80. The minimum Gasteiger partial charge on any atom is -0.491 e. The third kappa shape index (κ3) is 5.10. The molecule has 2 atom stereocenters. The highest BCUT2D eigenvalue weighted by Crippen LogP contribution is 2.31. The highest BCUT2D eigenvalue weighted by atomic mass is 79.9. The SMILES string of the molecule is CC(C)Oc1ccc(C(Br)CCC2CCCCO2)cc1. The number of hydrogen-bond donors (Lipinski definition) is 0. The zero-order valence-electron chi connectivity index (χ0n) is 12.5. The third-order valence-electron chi connectivity index (χ3n) is 3.63. The Kier molecular flexibility index (Phi) is 6.37. The zero-order chi connectivity index (χ0) is 14.4. The molecule has 1 heterocycles. The van der Waals surface area contributed by atoms with E-state index in [0.29, 0.717) is 10.9 Å². The van der Waals surface area contributed by atoms with Crippen LogP contribution >= 0.6 is 15.9 Å². The van der Waals surface area contributed by atoms with Crippen LogP contribution in [0.1, 0.15) is 56.3 Å². The average molecular weight is 341 g/mol. The number of hydrogen-bond acceptors (Lipinski definition) is 2. The van der Waals surface area contributed by atoms with Crippen LogP contribution in [-0.2, 0) is 4.74 Å². The summed E-state index contributed by atoms with van der Waals surface area (Å²) in [5, 5.41) is 0. The smallest absolute Gasteiger partial charge is 0.119 e. The minimum absolute atomic E-state index is 0.226. The van der Waals surface area contributed by atoms with Crippen molar-refractivity contribution in [3.8, 4) is 5.75 Å². The van der Waals surface area contributed by atoms with E-state index in [1.807, 2.05) is 13.8 Å². The molecule has 0 bridgehead atoms. The van der Waals surface area contributed by atoms with Crippen molar-refractivity contribution in [2.24, 2.45) is 0 Å². The highest BCUT2D eigenvalue weighted by molar-refractivity contribution is 9.09. The quantitative estimate of drug-likeness (QED) is 0.657. The van der Waals surface area contributed by atoms with E-state index in [0.717, 1.165) is 25.2 Å². The molecule has 0 aromatic heterocycles. The maximum absolute atomic E-state index is 5.79. The summed E-state index contributed by atoms with van der Waals surface area (Å²) in [7, 11) is 0. The fraction of sp³-hybridized carbons (Fsp3) is 0.647. The van der Waals surface area contributed by atoms with Gasteiger partial charge in [-0.15, -0.1) is 0 Å². The second-order valence-electron chi connectivity index (χ2n) is 5.77. The van der Waals surface area contributed by atoms with Crippen LogP contribution in [0.5, 0.6) is 5.75 Å². The standard InChI is InChI=1S/C17H25BrO2/c1-13(2)20-16-8-6-14(7-9-16)17(18)11-10-15-5-3-4-12-19-15/h6-9,13,15,17H,3-5,10-12H2,1-2H3. The predicted molar refractivity (Wildman–Crippen MR) is 86.7 cm³/mol. The van der Waals surface area contributed by atoms with E-state index in [9.17, 15) is 0 Å². The Morgan fingerprint density at radius 1 is 1.25 bits per heavy atom. The van der Waals surface area contributed by atoms with Crippen molar-refractivity contribution in [3.05, 3.63) is 29.8 Å². The van der Waals surface area contributed by atoms with Crippen LogP contribution in [0.4, 0.5) is 0 Å². The van der Waals surface area contributed by atoms with Gasteiger partial charge in [0.05, 0.1) is 12.2 Å². The van der Waals surface area contributed by atoms with Crippen molar-refractivity contribution >= 4 is 15.9 Å². The van der Waals surface area contributed by atoms with Gasteiger partial charge in [0, 0.05) is 11.4 Å². The first-order valence-corrected chi connectivity index (χ1v) is 8.59. The molecule has 1 aliphatic rings. The lowest BCUT2D eigenvalue weighted by atomic mass is 10.0. The predicted octanol–water partition coefficient (Wildman–Crippen LogP) is 5.26. The monoisotopic (exact) mass is 340 g/mol. The van der Waals surface area contributed by atoms with Gasteiger partial charge in [0.25, 0.3) is 0 Å². The van der Waals surface area contributed by atoms with E-state index >= 15 is 0 Å². The van der Waals surface area contributed by atoms with E-state index in [4.69, 9.17) is 9.47 Å². The summed E-state index contributed by atoms with van der Waals surface area (Å²) in [5.41, 5.74) is 1.32. The zero-order valence-corrected chi connectivity index (χ0v) is 14.1. The van der Waals surface area contributed by atoms with Gasteiger partial charge in [-0.25, -0.2) is 0 Å². The van der Waals surface area contributed by atoms with Gasteiger partial charge in [0.15, 0.2) is 0 Å². The van der Waals surface area contributed by atoms with Gasteiger partial charge in [0.2, 0.25) is 0 Å². The van der Waals surface area contributed by atoms with Gasteiger partial charge in [-0.1, -0.05) is 28.1 Å². The lowest BCUT2D eigenvalue weighted by Crippen LogP contribution is -2.19. The Hall–Kier alpha value is -0.540. The second kappa shape index (κ2) is 8.04. The molecule has 3 heteroatoms. The van der Waals surface area contributed by atoms with Crippen molar-refractivity contribution in [2.75, 3.05) is 6.61 Å². The van der Waals surface area contributed by atoms with Crippen molar-refractivity contribution < 1.29 is 9.47 Å². The largest absolute Gasteiger partial charge is 0.491 e. The van der Waals surface area contributed by atoms with Crippen LogP contribution in [0.2, 0.25) is 0 Å². The van der Waals surface area contributed by atoms with Crippen LogP contribution in [-0.4, -0.2) is 18.8 Å². The lowest BCUT2D eigenvalue weighted by Gasteiger charge is -2.23. The first-order valence-electron chi connectivity index (χ1n) is 7.67. The molecule has 0 amide bonds. The van der Waals surface area contributed by atoms with Crippen LogP contribution < -0.4 is 4.74 Å². The molecule has 1 aliphatic heterocycles. The summed E-state index contributed by atoms with van der Waals surface area (Å²) in [6.45, 7) is 5.04. The van der Waals surface area contributed by atoms with Gasteiger partial charge in [-0.05, 0) is 63.6 Å².